The van der Waals surface area contributed by atoms with Crippen molar-refractivity contribution in [3.05, 3.63) is 40.1 Å². The molecule has 0 bridgehead atoms. The molecular weight excluding hydrogens is 292 g/mol. The zero-order valence-corrected chi connectivity index (χ0v) is 12.6. The summed E-state index contributed by atoms with van der Waals surface area (Å²) in [7, 11) is 0. The summed E-state index contributed by atoms with van der Waals surface area (Å²) in [4.78, 5) is 27.6. The second kappa shape index (κ2) is 6.11. The number of thiophene rings is 1. The zero-order chi connectivity index (χ0) is 14.7. The van der Waals surface area contributed by atoms with Crippen molar-refractivity contribution in [2.75, 3.05) is 6.54 Å². The van der Waals surface area contributed by atoms with E-state index in [1.54, 1.807) is 23.5 Å². The molecule has 4 nitrogen and oxygen atoms in total. The molecule has 0 atom stereocenters. The number of hydrogen-bond donors (Lipinski definition) is 1. The minimum Gasteiger partial charge on any atom is -0.298 e. The lowest BCUT2D eigenvalue weighted by atomic mass is 10.1. The Morgan fingerprint density at radius 1 is 1.45 bits per heavy atom. The van der Waals surface area contributed by atoms with E-state index in [0.717, 1.165) is 11.3 Å². The lowest BCUT2D eigenvalue weighted by molar-refractivity contribution is -0.128. The van der Waals surface area contributed by atoms with Gasteiger partial charge < -0.3 is 0 Å². The first-order chi connectivity index (χ1) is 9.56. The van der Waals surface area contributed by atoms with Crippen LogP contribution in [-0.4, -0.2) is 28.4 Å². The van der Waals surface area contributed by atoms with E-state index >= 15 is 0 Å². The molecule has 1 fully saturated rings. The Morgan fingerprint density at radius 3 is 2.80 bits per heavy atom. The summed E-state index contributed by atoms with van der Waals surface area (Å²) >= 11 is 6.55. The van der Waals surface area contributed by atoms with Crippen LogP contribution in [-0.2, 0) is 16.0 Å². The number of nitrogens with zero attached hydrogens (tertiary/aromatic N) is 1. The number of rotatable bonds is 4. The number of hydrogen-bond acceptors (Lipinski definition) is 4. The molecule has 0 spiro atoms. The molecule has 0 aromatic carbocycles. The molecular formula is C14H14N2O2S2. The highest BCUT2D eigenvalue weighted by molar-refractivity contribution is 7.80. The first kappa shape index (κ1) is 14.6. The summed E-state index contributed by atoms with van der Waals surface area (Å²) in [6.45, 7) is 5.92. The van der Waals surface area contributed by atoms with Crippen LogP contribution in [0.5, 0.6) is 0 Å². The summed E-state index contributed by atoms with van der Waals surface area (Å²) in [5, 5.41) is 2.64. The van der Waals surface area contributed by atoms with Gasteiger partial charge in [-0.2, -0.15) is 0 Å². The predicted octanol–water partition coefficient (Wildman–Crippen LogP) is 2.12. The van der Waals surface area contributed by atoms with Crippen LogP contribution >= 0.6 is 23.6 Å². The standard InChI is InChI=1S/C14H14N2O2S2/c1-3-7-16-13(18)11(12(17)15-14(16)19)8-10-6-5-9(4-2)20-10/h3,5-6,8H,1,4,7H2,2H3,(H,15,17,19). The van der Waals surface area contributed by atoms with Crippen LogP contribution in [0.1, 0.15) is 16.7 Å². The van der Waals surface area contributed by atoms with E-state index in [-0.39, 0.29) is 23.1 Å². The molecule has 0 radical (unpaired) electrons. The number of carbonyl (C=O) groups excluding carboxylic acids is 2. The van der Waals surface area contributed by atoms with Crippen molar-refractivity contribution in [3.63, 3.8) is 0 Å². The molecule has 0 unspecified atom stereocenters. The molecule has 1 N–H and O–H groups in total. The summed E-state index contributed by atoms with van der Waals surface area (Å²) < 4.78 is 0. The fourth-order valence-corrected chi connectivity index (χ4v) is 2.94. The highest BCUT2D eigenvalue weighted by atomic mass is 32.1. The minimum absolute atomic E-state index is 0.102. The fraction of sp³-hybridized carbons (Fsp3) is 0.214. The molecule has 0 saturated carbocycles. The molecule has 2 heterocycles. The van der Waals surface area contributed by atoms with E-state index in [4.69, 9.17) is 12.2 Å². The summed E-state index contributed by atoms with van der Waals surface area (Å²) in [6.07, 6.45) is 4.11. The van der Waals surface area contributed by atoms with Gasteiger partial charge in [0.05, 0.1) is 0 Å². The van der Waals surface area contributed by atoms with E-state index in [2.05, 4.69) is 18.8 Å². The average molecular weight is 306 g/mol. The largest absolute Gasteiger partial charge is 0.298 e. The quantitative estimate of drug-likeness (QED) is 0.401. The van der Waals surface area contributed by atoms with Crippen LogP contribution in [0, 0.1) is 0 Å². The molecule has 1 aromatic rings. The van der Waals surface area contributed by atoms with Crippen molar-refractivity contribution in [2.45, 2.75) is 13.3 Å². The van der Waals surface area contributed by atoms with Crippen LogP contribution < -0.4 is 5.32 Å². The lowest BCUT2D eigenvalue weighted by Crippen LogP contribution is -2.53. The van der Waals surface area contributed by atoms with Crippen LogP contribution in [0.4, 0.5) is 0 Å². The van der Waals surface area contributed by atoms with Crippen molar-refractivity contribution < 1.29 is 9.59 Å². The summed E-state index contributed by atoms with van der Waals surface area (Å²) in [5.41, 5.74) is 0.102. The molecule has 1 aliphatic rings. The monoisotopic (exact) mass is 306 g/mol. The van der Waals surface area contributed by atoms with E-state index < -0.39 is 5.91 Å². The Hall–Kier alpha value is -1.79. The SMILES string of the molecule is C=CCN1C(=O)C(=Cc2ccc(CC)s2)C(=O)NC1=S. The van der Waals surface area contributed by atoms with Gasteiger partial charge in [-0.15, -0.1) is 17.9 Å². The molecule has 1 aromatic heterocycles. The third-order valence-electron chi connectivity index (χ3n) is 2.81. The van der Waals surface area contributed by atoms with E-state index in [1.807, 2.05) is 12.1 Å². The average Bonchev–Trinajstić information content (AvgIpc) is 2.87. The number of amides is 2. The number of thiocarbonyl (C=S) groups is 1. The first-order valence-electron chi connectivity index (χ1n) is 6.15. The second-order valence-corrected chi connectivity index (χ2v) is 5.77. The maximum atomic E-state index is 12.3. The molecule has 1 aliphatic heterocycles. The van der Waals surface area contributed by atoms with Gasteiger partial charge in [0.1, 0.15) is 5.57 Å². The molecule has 6 heteroatoms. The Kier molecular flexibility index (Phi) is 4.46. The third-order valence-corrected chi connectivity index (χ3v) is 4.31. The minimum atomic E-state index is -0.452. The van der Waals surface area contributed by atoms with Crippen LogP contribution in [0.2, 0.25) is 0 Å². The van der Waals surface area contributed by atoms with Gasteiger partial charge in [-0.25, -0.2) is 0 Å². The Labute approximate surface area is 126 Å². The molecule has 1 saturated heterocycles. The second-order valence-electron chi connectivity index (χ2n) is 4.18. The third kappa shape index (κ3) is 2.86. The van der Waals surface area contributed by atoms with E-state index in [1.165, 1.54) is 9.78 Å². The normalized spacial score (nSPS) is 17.6. The highest BCUT2D eigenvalue weighted by Gasteiger charge is 2.32. The van der Waals surface area contributed by atoms with Crippen molar-refractivity contribution >= 4 is 46.6 Å². The van der Waals surface area contributed by atoms with E-state index in [9.17, 15) is 9.59 Å². The first-order valence-corrected chi connectivity index (χ1v) is 7.37. The van der Waals surface area contributed by atoms with Gasteiger partial charge in [0.25, 0.3) is 11.8 Å². The van der Waals surface area contributed by atoms with Crippen LogP contribution in [0.3, 0.4) is 0 Å². The smallest absolute Gasteiger partial charge is 0.265 e. The number of aryl methyl sites for hydroxylation is 1. The maximum absolute atomic E-state index is 12.3. The van der Waals surface area contributed by atoms with Gasteiger partial charge in [0.15, 0.2) is 5.11 Å². The Morgan fingerprint density at radius 2 is 2.20 bits per heavy atom. The zero-order valence-electron chi connectivity index (χ0n) is 11.0. The van der Waals surface area contributed by atoms with E-state index in [0.29, 0.717) is 0 Å². The summed E-state index contributed by atoms with van der Waals surface area (Å²) in [6, 6.07) is 3.90. The maximum Gasteiger partial charge on any atom is 0.265 e. The van der Waals surface area contributed by atoms with Gasteiger partial charge in [-0.3, -0.25) is 19.8 Å². The van der Waals surface area contributed by atoms with Gasteiger partial charge in [-0.05, 0) is 36.8 Å². The van der Waals surface area contributed by atoms with Crippen molar-refractivity contribution in [3.8, 4) is 0 Å². The van der Waals surface area contributed by atoms with Crippen molar-refractivity contribution in [1.29, 1.82) is 0 Å². The lowest BCUT2D eigenvalue weighted by Gasteiger charge is -2.27. The topological polar surface area (TPSA) is 49.4 Å². The highest BCUT2D eigenvalue weighted by Crippen LogP contribution is 2.21. The Balaban J connectivity index is 2.33. The van der Waals surface area contributed by atoms with Crippen molar-refractivity contribution in [1.82, 2.24) is 10.2 Å². The van der Waals surface area contributed by atoms with Gasteiger partial charge in [-0.1, -0.05) is 13.0 Å². The van der Waals surface area contributed by atoms with Gasteiger partial charge in [0, 0.05) is 16.3 Å². The number of nitrogens with one attached hydrogen (secondary N) is 1. The molecule has 104 valence electrons. The number of carbonyl (C=O) groups is 2. The predicted molar refractivity (Wildman–Crippen MR) is 84.3 cm³/mol. The summed E-state index contributed by atoms with van der Waals surface area (Å²) in [5.74, 6) is -0.836. The molecule has 2 rings (SSSR count). The molecule has 20 heavy (non-hydrogen) atoms. The molecule has 0 aliphatic carbocycles. The fourth-order valence-electron chi connectivity index (χ4n) is 1.79. The van der Waals surface area contributed by atoms with Crippen LogP contribution in [0.25, 0.3) is 6.08 Å². The van der Waals surface area contributed by atoms with Crippen LogP contribution in [0.15, 0.2) is 30.4 Å². The molecule has 2 amide bonds. The Bertz CT molecular complexity index is 616. The van der Waals surface area contributed by atoms with Gasteiger partial charge in [0.2, 0.25) is 0 Å². The van der Waals surface area contributed by atoms with Crippen molar-refractivity contribution in [2.24, 2.45) is 0 Å². The van der Waals surface area contributed by atoms with Gasteiger partial charge >= 0.3 is 0 Å².